The van der Waals surface area contributed by atoms with Crippen LogP contribution in [0.5, 0.6) is 0 Å². The summed E-state index contributed by atoms with van der Waals surface area (Å²) >= 11 is 7.39. The molecule has 2 amide bonds. The molecule has 0 unspecified atom stereocenters. The van der Waals surface area contributed by atoms with Crippen LogP contribution in [0.2, 0.25) is 0 Å². The molecular weight excluding hydrogens is 712 g/mol. The molecule has 6 rings (SSSR count). The molecule has 0 spiro atoms. The Morgan fingerprint density at radius 2 is 1.16 bits per heavy atom. The van der Waals surface area contributed by atoms with E-state index in [-0.39, 0.29) is 22.8 Å². The molecule has 2 aliphatic heterocycles. The van der Waals surface area contributed by atoms with Gasteiger partial charge in [0.25, 0.3) is 23.2 Å². The smallest absolute Gasteiger partial charge is 0.271 e. The number of para-hydroxylation sites is 2. The van der Waals surface area contributed by atoms with E-state index in [1.165, 1.54) is 58.5 Å². The third-order valence-corrected chi connectivity index (χ3v) is 10.5. The minimum absolute atomic E-state index is 0.135. The number of anilines is 2. The van der Waals surface area contributed by atoms with Crippen LogP contribution < -0.4 is 10.0 Å². The zero-order chi connectivity index (χ0) is 31.9. The third-order valence-electron chi connectivity index (χ3n) is 7.43. The Morgan fingerprint density at radius 1 is 0.689 bits per heavy atom. The summed E-state index contributed by atoms with van der Waals surface area (Å²) in [5.74, 6) is -2.06. The number of carbonyl (C=O) groups excluding carboxylic acids is 2. The van der Waals surface area contributed by atoms with Crippen molar-refractivity contribution >= 4 is 77.8 Å². The molecule has 0 radical (unpaired) electrons. The first kappa shape index (κ1) is 30.0. The van der Waals surface area contributed by atoms with Crippen molar-refractivity contribution in [1.29, 1.82) is 0 Å². The highest BCUT2D eigenvalue weighted by molar-refractivity contribution is 9.13. The van der Waals surface area contributed by atoms with Crippen molar-refractivity contribution in [3.05, 3.63) is 141 Å². The van der Waals surface area contributed by atoms with Crippen molar-refractivity contribution in [2.45, 2.75) is 9.15 Å². The van der Waals surface area contributed by atoms with Crippen LogP contribution in [-0.4, -0.2) is 42.2 Å². The molecule has 14 heteroatoms. The molecule has 4 aromatic carbocycles. The normalized spacial score (nSPS) is 20.2. The Labute approximate surface area is 272 Å². The van der Waals surface area contributed by atoms with E-state index in [9.17, 15) is 29.8 Å². The summed E-state index contributed by atoms with van der Waals surface area (Å²) in [7, 11) is 0. The van der Waals surface area contributed by atoms with Gasteiger partial charge >= 0.3 is 0 Å². The molecule has 0 saturated heterocycles. The van der Waals surface area contributed by atoms with Gasteiger partial charge in [0.1, 0.15) is 0 Å². The van der Waals surface area contributed by atoms with Gasteiger partial charge in [-0.25, -0.2) is 0 Å². The van der Waals surface area contributed by atoms with Gasteiger partial charge in [0.2, 0.25) is 0 Å². The van der Waals surface area contributed by atoms with E-state index in [4.69, 9.17) is 0 Å². The number of nitrogens with zero attached hydrogens (tertiary/aromatic N) is 6. The lowest BCUT2D eigenvalue weighted by Crippen LogP contribution is -2.54. The van der Waals surface area contributed by atoms with E-state index < -0.39 is 36.7 Å². The highest BCUT2D eigenvalue weighted by atomic mass is 79.9. The van der Waals surface area contributed by atoms with E-state index in [0.29, 0.717) is 22.5 Å². The average molecular weight is 732 g/mol. The Morgan fingerprint density at radius 3 is 1.64 bits per heavy atom. The minimum Gasteiger partial charge on any atom is -0.272 e. The number of amides is 2. The quantitative estimate of drug-likeness (QED) is 0.119. The van der Waals surface area contributed by atoms with Gasteiger partial charge in [-0.1, -0.05) is 68.3 Å². The maximum Gasteiger partial charge on any atom is 0.271 e. The lowest BCUT2D eigenvalue weighted by Gasteiger charge is -2.31. The van der Waals surface area contributed by atoms with Crippen molar-refractivity contribution in [3.63, 3.8) is 0 Å². The van der Waals surface area contributed by atoms with Crippen LogP contribution in [0.4, 0.5) is 22.7 Å². The standard InChI is InChI=1S/C31H20Br2N6O6/c32-27(25-26(19-11-15-23(16-12-19)38(42)43)34-36(29(25)40)21-7-3-1-4-8-21)31(33)28(20-13-17-24(18-14-20)39(44)45)35-37(30(31)41)22-9-5-2-6-10-22/h1-18,25,27H/t25-,27+,31-/m0/s1. The van der Waals surface area contributed by atoms with E-state index in [1.807, 2.05) is 0 Å². The Hall–Kier alpha value is -5.08. The van der Waals surface area contributed by atoms with Crippen LogP contribution in [0.1, 0.15) is 11.1 Å². The number of halogens is 2. The van der Waals surface area contributed by atoms with Gasteiger partial charge in [-0.05, 0) is 54.1 Å². The Kier molecular flexibility index (Phi) is 7.85. The van der Waals surface area contributed by atoms with E-state index >= 15 is 0 Å². The number of rotatable bonds is 8. The maximum atomic E-state index is 14.4. The highest BCUT2D eigenvalue weighted by Crippen LogP contribution is 2.46. The molecule has 0 aliphatic carbocycles. The summed E-state index contributed by atoms with van der Waals surface area (Å²) in [6.45, 7) is 0. The van der Waals surface area contributed by atoms with Crippen molar-refractivity contribution in [1.82, 2.24) is 0 Å². The van der Waals surface area contributed by atoms with Gasteiger partial charge in [0.05, 0.1) is 43.4 Å². The van der Waals surface area contributed by atoms with Gasteiger partial charge in [0, 0.05) is 29.8 Å². The molecule has 12 nitrogen and oxygen atoms in total. The zero-order valence-corrected chi connectivity index (χ0v) is 26.1. The molecule has 224 valence electrons. The van der Waals surface area contributed by atoms with Crippen LogP contribution >= 0.6 is 31.9 Å². The fraction of sp³-hybridized carbons (Fsp3) is 0.0968. The molecule has 45 heavy (non-hydrogen) atoms. The SMILES string of the molecule is O=C1[C@H]([C@@H](Br)[C@@]2(Br)C(=O)N(c3ccccc3)N=C2c2ccc([N+](=O)[O-])cc2)C(c2ccc([N+](=O)[O-])cc2)=NN1c1ccccc1. The number of hydrazone groups is 2. The van der Waals surface area contributed by atoms with Crippen molar-refractivity contribution < 1.29 is 19.4 Å². The molecule has 0 aromatic heterocycles. The van der Waals surface area contributed by atoms with Gasteiger partial charge in [-0.15, -0.1) is 0 Å². The van der Waals surface area contributed by atoms with E-state index in [0.717, 1.165) is 0 Å². The van der Waals surface area contributed by atoms with Crippen molar-refractivity contribution in [2.75, 3.05) is 10.0 Å². The molecule has 0 bridgehead atoms. The van der Waals surface area contributed by atoms with E-state index in [2.05, 4.69) is 42.1 Å². The van der Waals surface area contributed by atoms with Gasteiger partial charge in [-0.2, -0.15) is 20.2 Å². The first-order valence-corrected chi connectivity index (χ1v) is 15.1. The second-order valence-electron chi connectivity index (χ2n) is 10.1. The summed E-state index contributed by atoms with van der Waals surface area (Å²) in [4.78, 5) is 49.2. The number of non-ortho nitro benzene ring substituents is 2. The number of hydrogen-bond acceptors (Lipinski definition) is 8. The molecule has 2 heterocycles. The van der Waals surface area contributed by atoms with Gasteiger partial charge in [0.15, 0.2) is 4.32 Å². The summed E-state index contributed by atoms with van der Waals surface area (Å²) in [6.07, 6.45) is 0. The summed E-state index contributed by atoms with van der Waals surface area (Å²) in [6, 6.07) is 28.7. The highest BCUT2D eigenvalue weighted by Gasteiger charge is 2.60. The van der Waals surface area contributed by atoms with Crippen LogP contribution in [0.3, 0.4) is 0 Å². The lowest BCUT2D eigenvalue weighted by molar-refractivity contribution is -0.385. The summed E-state index contributed by atoms with van der Waals surface area (Å²) < 4.78 is -1.67. The first-order valence-electron chi connectivity index (χ1n) is 13.4. The summed E-state index contributed by atoms with van der Waals surface area (Å²) in [5, 5.41) is 34.5. The maximum absolute atomic E-state index is 14.4. The molecular formula is C31H20Br2N6O6. The molecule has 0 saturated carbocycles. The molecule has 4 aromatic rings. The Balaban J connectivity index is 1.48. The fourth-order valence-electron chi connectivity index (χ4n) is 5.18. The van der Waals surface area contributed by atoms with Crippen molar-refractivity contribution in [2.24, 2.45) is 16.1 Å². The summed E-state index contributed by atoms with van der Waals surface area (Å²) in [5.41, 5.74) is 2.01. The first-order chi connectivity index (χ1) is 21.6. The molecule has 2 aliphatic rings. The van der Waals surface area contributed by atoms with Crippen molar-refractivity contribution in [3.8, 4) is 0 Å². The molecule has 3 atom stereocenters. The van der Waals surface area contributed by atoms with Crippen LogP contribution in [0, 0.1) is 26.1 Å². The third kappa shape index (κ3) is 5.21. The predicted molar refractivity (Wildman–Crippen MR) is 175 cm³/mol. The number of nitro benzene ring substituents is 2. The minimum atomic E-state index is -1.67. The fourth-order valence-corrected chi connectivity index (χ4v) is 6.81. The predicted octanol–water partition coefficient (Wildman–Crippen LogP) is 6.22. The van der Waals surface area contributed by atoms with Gasteiger partial charge in [-0.3, -0.25) is 29.8 Å². The van der Waals surface area contributed by atoms with Crippen LogP contribution in [0.15, 0.2) is 119 Å². The molecule has 0 fully saturated rings. The zero-order valence-electron chi connectivity index (χ0n) is 22.9. The number of alkyl halides is 2. The van der Waals surface area contributed by atoms with Gasteiger partial charge < -0.3 is 0 Å². The second-order valence-corrected chi connectivity index (χ2v) is 12.3. The number of carbonyl (C=O) groups is 2. The monoisotopic (exact) mass is 730 g/mol. The van der Waals surface area contributed by atoms with E-state index in [1.54, 1.807) is 60.7 Å². The number of nitro groups is 2. The molecule has 0 N–H and O–H groups in total. The average Bonchev–Trinajstić information content (AvgIpc) is 3.55. The number of hydrogen-bond donors (Lipinski definition) is 0. The van der Waals surface area contributed by atoms with Crippen LogP contribution in [0.25, 0.3) is 0 Å². The van der Waals surface area contributed by atoms with Crippen LogP contribution in [-0.2, 0) is 9.59 Å². The lowest BCUT2D eigenvalue weighted by atomic mass is 9.83. The second kappa shape index (κ2) is 11.8. The topological polar surface area (TPSA) is 152 Å². The largest absolute Gasteiger partial charge is 0.272 e. The number of benzene rings is 4. The Bertz CT molecular complexity index is 1890.